The number of hydrogen-bond acceptors (Lipinski definition) is 1. The van der Waals surface area contributed by atoms with Gasteiger partial charge in [-0.3, -0.25) is 4.79 Å². The van der Waals surface area contributed by atoms with E-state index in [1.54, 1.807) is 13.8 Å². The van der Waals surface area contributed by atoms with Crippen LogP contribution < -0.4 is 0 Å². The van der Waals surface area contributed by atoms with E-state index in [4.69, 9.17) is 0 Å². The molecule has 2 nitrogen and oxygen atoms in total. The van der Waals surface area contributed by atoms with E-state index in [-0.39, 0.29) is 11.6 Å². The molecule has 0 aliphatic heterocycles. The maximum absolute atomic E-state index is 12.7. The quantitative estimate of drug-likeness (QED) is 0.761. The minimum Gasteiger partial charge on any atom is -0.343 e. The molecule has 0 aliphatic rings. The number of carbonyl (C=O) groups excluding carboxylic acids is 1. The molecule has 0 saturated carbocycles. The second kappa shape index (κ2) is 6.58. The van der Waals surface area contributed by atoms with E-state index in [0.717, 1.165) is 0 Å². The van der Waals surface area contributed by atoms with Gasteiger partial charge in [-0.2, -0.15) is 26.3 Å². The molecule has 22 heavy (non-hydrogen) atoms. The molecule has 1 rings (SSSR count). The van der Waals surface area contributed by atoms with Gasteiger partial charge in [0.2, 0.25) is 5.91 Å². The van der Waals surface area contributed by atoms with Gasteiger partial charge in [-0.15, -0.1) is 0 Å². The van der Waals surface area contributed by atoms with Crippen molar-refractivity contribution < 1.29 is 31.1 Å². The highest BCUT2D eigenvalue weighted by molar-refractivity contribution is 5.78. The monoisotopic (exact) mass is 327 g/mol. The van der Waals surface area contributed by atoms with Crippen molar-refractivity contribution in [2.24, 2.45) is 0 Å². The van der Waals surface area contributed by atoms with Gasteiger partial charge in [-0.05, 0) is 37.6 Å². The fourth-order valence-corrected chi connectivity index (χ4v) is 1.98. The number of rotatable bonds is 4. The zero-order valence-corrected chi connectivity index (χ0v) is 12.0. The fraction of sp³-hybridized carbons (Fsp3) is 0.500. The summed E-state index contributed by atoms with van der Waals surface area (Å²) < 4.78 is 76.2. The number of halogens is 6. The van der Waals surface area contributed by atoms with Crippen molar-refractivity contribution in [3.63, 3.8) is 0 Å². The molecular weight excluding hydrogens is 312 g/mol. The summed E-state index contributed by atoms with van der Waals surface area (Å²) >= 11 is 0. The van der Waals surface area contributed by atoms with Gasteiger partial charge in [-0.25, -0.2) is 0 Å². The van der Waals surface area contributed by atoms with Gasteiger partial charge in [0.05, 0.1) is 17.5 Å². The third kappa shape index (κ3) is 4.64. The predicted molar refractivity (Wildman–Crippen MR) is 68.1 cm³/mol. The Bertz CT molecular complexity index is 499. The van der Waals surface area contributed by atoms with Gasteiger partial charge < -0.3 is 4.90 Å². The Balaban J connectivity index is 3.22. The summed E-state index contributed by atoms with van der Waals surface area (Å²) in [7, 11) is 0. The van der Waals surface area contributed by atoms with Crippen molar-refractivity contribution in [3.8, 4) is 0 Å². The molecular formula is C14H15F6NO. The van der Waals surface area contributed by atoms with Crippen molar-refractivity contribution in [1.29, 1.82) is 0 Å². The lowest BCUT2D eigenvalue weighted by molar-refractivity contribution is -0.143. The summed E-state index contributed by atoms with van der Waals surface area (Å²) in [6, 6.07) is 1.21. The molecule has 0 unspecified atom stereocenters. The van der Waals surface area contributed by atoms with Crippen LogP contribution in [0, 0.1) is 0 Å². The van der Waals surface area contributed by atoms with Crippen LogP contribution in [-0.2, 0) is 23.6 Å². The molecule has 124 valence electrons. The van der Waals surface area contributed by atoms with E-state index in [2.05, 4.69) is 0 Å². The first-order valence-electron chi connectivity index (χ1n) is 6.55. The molecule has 0 atom stereocenters. The lowest BCUT2D eigenvalue weighted by Gasteiger charge is -2.19. The lowest BCUT2D eigenvalue weighted by Crippen LogP contribution is -2.31. The average molecular weight is 327 g/mol. The molecule has 0 N–H and O–H groups in total. The molecule has 0 spiro atoms. The number of likely N-dealkylation sites (N-methyl/N-ethyl adjacent to an activating group) is 1. The van der Waals surface area contributed by atoms with Crippen molar-refractivity contribution in [2.45, 2.75) is 32.6 Å². The predicted octanol–water partition coefficient (Wildman–Crippen LogP) is 4.14. The van der Waals surface area contributed by atoms with Crippen LogP contribution in [0.4, 0.5) is 26.3 Å². The molecule has 0 saturated heterocycles. The first-order chi connectivity index (χ1) is 9.98. The number of nitrogens with zero attached hydrogens (tertiary/aromatic N) is 1. The van der Waals surface area contributed by atoms with Gasteiger partial charge in [-0.1, -0.05) is 0 Å². The van der Waals surface area contributed by atoms with E-state index < -0.39 is 35.8 Å². The van der Waals surface area contributed by atoms with Crippen LogP contribution >= 0.6 is 0 Å². The van der Waals surface area contributed by atoms with E-state index in [0.29, 0.717) is 25.2 Å². The van der Waals surface area contributed by atoms with Crippen molar-refractivity contribution in [2.75, 3.05) is 13.1 Å². The summed E-state index contributed by atoms with van der Waals surface area (Å²) in [5.74, 6) is -0.516. The first kappa shape index (κ1) is 18.3. The van der Waals surface area contributed by atoms with E-state index in [9.17, 15) is 31.1 Å². The molecule has 0 aliphatic carbocycles. The van der Waals surface area contributed by atoms with Crippen LogP contribution in [0.15, 0.2) is 18.2 Å². The topological polar surface area (TPSA) is 20.3 Å². The molecule has 8 heteroatoms. The Labute approximate surface area is 123 Å². The Hall–Kier alpha value is -1.73. The number of benzene rings is 1. The van der Waals surface area contributed by atoms with Gasteiger partial charge >= 0.3 is 12.4 Å². The molecule has 1 aromatic rings. The standard InChI is InChI=1S/C14H15F6NO/c1-3-21(4-2)12(22)7-9-5-10(13(15,16)17)8-11(6-9)14(18,19)20/h5-6,8H,3-4,7H2,1-2H3. The number of carbonyl (C=O) groups is 1. The minimum absolute atomic E-state index is 0.0470. The maximum atomic E-state index is 12.7. The highest BCUT2D eigenvalue weighted by Crippen LogP contribution is 2.36. The maximum Gasteiger partial charge on any atom is 0.416 e. The van der Waals surface area contributed by atoms with Gasteiger partial charge in [0.15, 0.2) is 0 Å². The Morgan fingerprint density at radius 3 is 1.64 bits per heavy atom. The number of hydrogen-bond donors (Lipinski definition) is 0. The second-order valence-electron chi connectivity index (χ2n) is 4.66. The summed E-state index contributed by atoms with van der Waals surface area (Å²) in [5, 5.41) is 0. The van der Waals surface area contributed by atoms with E-state index >= 15 is 0 Å². The molecule has 0 fully saturated rings. The average Bonchev–Trinajstić information content (AvgIpc) is 2.37. The normalized spacial score (nSPS) is 12.4. The van der Waals surface area contributed by atoms with Crippen LogP contribution in [0.5, 0.6) is 0 Å². The minimum atomic E-state index is -4.91. The van der Waals surface area contributed by atoms with Gasteiger partial charge in [0.1, 0.15) is 0 Å². The van der Waals surface area contributed by atoms with Crippen molar-refractivity contribution in [3.05, 3.63) is 34.9 Å². The second-order valence-corrected chi connectivity index (χ2v) is 4.66. The molecule has 0 bridgehead atoms. The third-order valence-corrected chi connectivity index (χ3v) is 3.12. The fourth-order valence-electron chi connectivity index (χ4n) is 1.98. The van der Waals surface area contributed by atoms with E-state index in [1.165, 1.54) is 4.90 Å². The van der Waals surface area contributed by atoms with E-state index in [1.807, 2.05) is 0 Å². The molecule has 0 heterocycles. The van der Waals surface area contributed by atoms with Crippen LogP contribution in [0.25, 0.3) is 0 Å². The summed E-state index contributed by atoms with van der Waals surface area (Å²) in [6.07, 6.45) is -10.3. The molecule has 1 aromatic carbocycles. The SMILES string of the molecule is CCN(CC)C(=O)Cc1cc(C(F)(F)F)cc(C(F)(F)F)c1. The molecule has 1 amide bonds. The van der Waals surface area contributed by atoms with Crippen LogP contribution in [0.1, 0.15) is 30.5 Å². The third-order valence-electron chi connectivity index (χ3n) is 3.12. The van der Waals surface area contributed by atoms with Gasteiger partial charge in [0, 0.05) is 13.1 Å². The zero-order valence-electron chi connectivity index (χ0n) is 12.0. The Morgan fingerprint density at radius 2 is 1.32 bits per heavy atom. The van der Waals surface area contributed by atoms with Crippen molar-refractivity contribution >= 4 is 5.91 Å². The Kier molecular flexibility index (Phi) is 5.48. The van der Waals surface area contributed by atoms with Crippen molar-refractivity contribution in [1.82, 2.24) is 4.90 Å². The molecule has 0 aromatic heterocycles. The smallest absolute Gasteiger partial charge is 0.343 e. The highest BCUT2D eigenvalue weighted by Gasteiger charge is 2.37. The zero-order chi connectivity index (χ0) is 17.1. The summed E-state index contributed by atoms with van der Waals surface area (Å²) in [4.78, 5) is 13.2. The highest BCUT2D eigenvalue weighted by atomic mass is 19.4. The summed E-state index contributed by atoms with van der Waals surface area (Å²) in [5.41, 5.74) is -3.13. The van der Waals surface area contributed by atoms with Crippen LogP contribution in [-0.4, -0.2) is 23.9 Å². The first-order valence-corrected chi connectivity index (χ1v) is 6.55. The Morgan fingerprint density at radius 1 is 0.909 bits per heavy atom. The number of alkyl halides is 6. The lowest BCUT2D eigenvalue weighted by atomic mass is 10.0. The van der Waals surface area contributed by atoms with Crippen LogP contribution in [0.3, 0.4) is 0 Å². The largest absolute Gasteiger partial charge is 0.416 e. The number of amides is 1. The summed E-state index contributed by atoms with van der Waals surface area (Å²) in [6.45, 7) is 4.02. The van der Waals surface area contributed by atoms with Crippen LogP contribution in [0.2, 0.25) is 0 Å². The molecule has 0 radical (unpaired) electrons. The van der Waals surface area contributed by atoms with Gasteiger partial charge in [0.25, 0.3) is 0 Å².